The van der Waals surface area contributed by atoms with E-state index in [-0.39, 0.29) is 18.4 Å². The molecule has 3 atom stereocenters. The Morgan fingerprint density at radius 3 is 2.43 bits per heavy atom. The molecule has 0 saturated heterocycles. The van der Waals surface area contributed by atoms with Gasteiger partial charge in [-0.05, 0) is 51.9 Å². The lowest BCUT2D eigenvalue weighted by atomic mass is 9.80. The van der Waals surface area contributed by atoms with Crippen molar-refractivity contribution in [2.45, 2.75) is 71.9 Å². The normalized spacial score (nSPS) is 26.0. The Bertz CT molecular complexity index is 363. The molecular weight excluding hydrogens is 268 g/mol. The van der Waals surface area contributed by atoms with Gasteiger partial charge in [0.05, 0.1) is 0 Å². The van der Waals surface area contributed by atoms with E-state index in [0.29, 0.717) is 12.5 Å². The molecule has 21 heavy (non-hydrogen) atoms. The summed E-state index contributed by atoms with van der Waals surface area (Å²) >= 11 is 0. The summed E-state index contributed by atoms with van der Waals surface area (Å²) in [7, 11) is 0. The van der Waals surface area contributed by atoms with Crippen LogP contribution in [0.5, 0.6) is 0 Å². The Labute approximate surface area is 128 Å². The van der Waals surface area contributed by atoms with Crippen molar-refractivity contribution in [1.29, 1.82) is 0 Å². The van der Waals surface area contributed by atoms with Crippen LogP contribution in [-0.4, -0.2) is 30.2 Å². The molecule has 3 unspecified atom stereocenters. The van der Waals surface area contributed by atoms with E-state index < -0.39 is 11.7 Å². The van der Waals surface area contributed by atoms with E-state index in [4.69, 9.17) is 4.74 Å². The first kappa shape index (κ1) is 17.8. The van der Waals surface area contributed by atoms with Crippen molar-refractivity contribution in [3.63, 3.8) is 0 Å². The van der Waals surface area contributed by atoms with Gasteiger partial charge in [-0.2, -0.15) is 0 Å². The molecule has 0 aromatic carbocycles. The summed E-state index contributed by atoms with van der Waals surface area (Å²) in [5, 5.41) is 5.68. The molecule has 0 bridgehead atoms. The quantitative estimate of drug-likeness (QED) is 0.838. The number of hydrogen-bond donors (Lipinski definition) is 2. The maximum atomic E-state index is 11.9. The molecule has 1 rings (SSSR count). The molecule has 1 aliphatic carbocycles. The van der Waals surface area contributed by atoms with E-state index in [1.165, 1.54) is 12.8 Å². The Balaban J connectivity index is 2.21. The number of nitrogens with one attached hydrogen (secondary N) is 2. The van der Waals surface area contributed by atoms with Gasteiger partial charge in [0.2, 0.25) is 5.91 Å². The van der Waals surface area contributed by atoms with Gasteiger partial charge in [0, 0.05) is 19.0 Å². The highest BCUT2D eigenvalue weighted by Gasteiger charge is 2.26. The monoisotopic (exact) mass is 298 g/mol. The summed E-state index contributed by atoms with van der Waals surface area (Å²) in [4.78, 5) is 23.4. The predicted octanol–water partition coefficient (Wildman–Crippen LogP) is 2.84. The summed E-state index contributed by atoms with van der Waals surface area (Å²) in [6.07, 6.45) is 3.20. The number of hydrogen-bond acceptors (Lipinski definition) is 3. The van der Waals surface area contributed by atoms with Crippen LogP contribution in [0.15, 0.2) is 0 Å². The third-order valence-electron chi connectivity index (χ3n) is 3.80. The van der Waals surface area contributed by atoms with Crippen LogP contribution in [0.3, 0.4) is 0 Å². The molecule has 0 aromatic rings. The van der Waals surface area contributed by atoms with Crippen LogP contribution in [0.4, 0.5) is 4.79 Å². The van der Waals surface area contributed by atoms with Crippen molar-refractivity contribution < 1.29 is 14.3 Å². The second-order valence-electron chi connectivity index (χ2n) is 7.25. The largest absolute Gasteiger partial charge is 0.444 e. The highest BCUT2D eigenvalue weighted by Crippen LogP contribution is 2.28. The molecule has 2 amide bonds. The van der Waals surface area contributed by atoms with E-state index in [0.717, 1.165) is 12.3 Å². The number of alkyl carbamates (subject to hydrolysis) is 1. The Kier molecular flexibility index (Phi) is 6.49. The van der Waals surface area contributed by atoms with Gasteiger partial charge in [0.15, 0.2) is 0 Å². The summed E-state index contributed by atoms with van der Waals surface area (Å²) in [5.74, 6) is 1.27. The van der Waals surface area contributed by atoms with Crippen LogP contribution in [0.1, 0.15) is 60.3 Å². The summed E-state index contributed by atoms with van der Waals surface area (Å²) in [5.41, 5.74) is -0.513. The van der Waals surface area contributed by atoms with Gasteiger partial charge in [-0.1, -0.05) is 13.8 Å². The molecule has 0 radical (unpaired) electrons. The summed E-state index contributed by atoms with van der Waals surface area (Å²) in [6, 6.07) is 0.273. The average Bonchev–Trinajstić information content (AvgIpc) is 2.30. The predicted molar refractivity (Wildman–Crippen MR) is 83.0 cm³/mol. The van der Waals surface area contributed by atoms with Crippen molar-refractivity contribution in [2.75, 3.05) is 6.54 Å². The highest BCUT2D eigenvalue weighted by atomic mass is 16.6. The minimum Gasteiger partial charge on any atom is -0.444 e. The smallest absolute Gasteiger partial charge is 0.407 e. The molecule has 1 fully saturated rings. The summed E-state index contributed by atoms with van der Waals surface area (Å²) < 4.78 is 5.12. The van der Waals surface area contributed by atoms with E-state index >= 15 is 0 Å². The number of rotatable bonds is 4. The molecular formula is C16H30N2O3. The van der Waals surface area contributed by atoms with Crippen LogP contribution in [0, 0.1) is 11.8 Å². The van der Waals surface area contributed by atoms with E-state index in [2.05, 4.69) is 24.5 Å². The zero-order valence-corrected chi connectivity index (χ0v) is 14.0. The second kappa shape index (κ2) is 7.66. The van der Waals surface area contributed by atoms with Gasteiger partial charge in [0.25, 0.3) is 0 Å². The van der Waals surface area contributed by atoms with Crippen molar-refractivity contribution >= 4 is 12.0 Å². The number of carbonyl (C=O) groups is 2. The minimum atomic E-state index is -0.513. The third-order valence-corrected chi connectivity index (χ3v) is 3.80. The molecule has 5 heteroatoms. The van der Waals surface area contributed by atoms with Gasteiger partial charge >= 0.3 is 6.09 Å². The van der Waals surface area contributed by atoms with Gasteiger partial charge < -0.3 is 15.4 Å². The van der Waals surface area contributed by atoms with Crippen molar-refractivity contribution in [2.24, 2.45) is 11.8 Å². The van der Waals surface area contributed by atoms with Crippen LogP contribution < -0.4 is 10.6 Å². The number of amides is 2. The second-order valence-corrected chi connectivity index (χ2v) is 7.25. The average molecular weight is 298 g/mol. The first-order valence-corrected chi connectivity index (χ1v) is 7.93. The number of carbonyl (C=O) groups excluding carboxylic acids is 2. The maximum Gasteiger partial charge on any atom is 0.407 e. The third kappa shape index (κ3) is 7.34. The topological polar surface area (TPSA) is 67.4 Å². The van der Waals surface area contributed by atoms with E-state index in [1.807, 2.05) is 20.8 Å². The van der Waals surface area contributed by atoms with Crippen LogP contribution in [-0.2, 0) is 9.53 Å². The van der Waals surface area contributed by atoms with Crippen LogP contribution in [0.25, 0.3) is 0 Å². The number of ether oxygens (including phenoxy) is 1. The van der Waals surface area contributed by atoms with E-state index in [9.17, 15) is 9.59 Å². The molecule has 0 heterocycles. The lowest BCUT2D eigenvalue weighted by molar-refractivity contribution is -0.122. The summed E-state index contributed by atoms with van der Waals surface area (Å²) in [6.45, 7) is 10.2. The molecule has 5 nitrogen and oxygen atoms in total. The molecule has 0 aliphatic heterocycles. The lowest BCUT2D eigenvalue weighted by Crippen LogP contribution is -2.43. The maximum absolute atomic E-state index is 11.9. The molecule has 0 spiro atoms. The fourth-order valence-corrected chi connectivity index (χ4v) is 2.75. The standard InChI is InChI=1S/C16H30N2O3/c1-11-6-7-13(12(2)10-11)18-14(19)8-9-17-15(20)21-16(3,4)5/h11-13H,6-10H2,1-5H3,(H,17,20)(H,18,19). The van der Waals surface area contributed by atoms with Crippen LogP contribution >= 0.6 is 0 Å². The molecule has 0 aromatic heterocycles. The lowest BCUT2D eigenvalue weighted by Gasteiger charge is -2.33. The van der Waals surface area contributed by atoms with Gasteiger partial charge in [-0.15, -0.1) is 0 Å². The molecule has 122 valence electrons. The zero-order valence-electron chi connectivity index (χ0n) is 14.0. The first-order valence-electron chi connectivity index (χ1n) is 7.93. The Hall–Kier alpha value is -1.26. The van der Waals surface area contributed by atoms with Gasteiger partial charge in [-0.25, -0.2) is 4.79 Å². The molecule has 2 N–H and O–H groups in total. The Morgan fingerprint density at radius 1 is 1.19 bits per heavy atom. The van der Waals surface area contributed by atoms with Gasteiger partial charge in [-0.3, -0.25) is 4.79 Å². The fraction of sp³-hybridized carbons (Fsp3) is 0.875. The fourth-order valence-electron chi connectivity index (χ4n) is 2.75. The first-order chi connectivity index (χ1) is 9.67. The van der Waals surface area contributed by atoms with Crippen molar-refractivity contribution in [3.05, 3.63) is 0 Å². The van der Waals surface area contributed by atoms with Crippen molar-refractivity contribution in [1.82, 2.24) is 10.6 Å². The van der Waals surface area contributed by atoms with Crippen LogP contribution in [0.2, 0.25) is 0 Å². The Morgan fingerprint density at radius 2 is 1.86 bits per heavy atom. The zero-order chi connectivity index (χ0) is 16.0. The van der Waals surface area contributed by atoms with E-state index in [1.54, 1.807) is 0 Å². The van der Waals surface area contributed by atoms with Gasteiger partial charge in [0.1, 0.15) is 5.60 Å². The molecule has 1 saturated carbocycles. The van der Waals surface area contributed by atoms with Crippen molar-refractivity contribution in [3.8, 4) is 0 Å². The molecule has 1 aliphatic rings. The SMILES string of the molecule is CC1CCC(NC(=O)CCNC(=O)OC(C)(C)C)C(C)C1. The highest BCUT2D eigenvalue weighted by molar-refractivity contribution is 5.77. The minimum absolute atomic E-state index is 0.00235.